The number of rotatable bonds is 2. The van der Waals surface area contributed by atoms with E-state index < -0.39 is 0 Å². The first kappa shape index (κ1) is 11.6. The number of nitrogens with zero attached hydrogens (tertiary/aromatic N) is 3. The van der Waals surface area contributed by atoms with Crippen molar-refractivity contribution in [2.24, 2.45) is 7.05 Å². The third kappa shape index (κ3) is 2.16. The van der Waals surface area contributed by atoms with Gasteiger partial charge in [0.2, 0.25) is 0 Å². The lowest BCUT2D eigenvalue weighted by Crippen LogP contribution is -1.96. The summed E-state index contributed by atoms with van der Waals surface area (Å²) in [4.78, 5) is 4.55. The summed E-state index contributed by atoms with van der Waals surface area (Å²) in [5.74, 6) is 2.06. The van der Waals surface area contributed by atoms with Crippen molar-refractivity contribution in [2.75, 3.05) is 5.73 Å². The SMILES string of the molecule is Cc1ccc(-c2nc(C(C)C)nn2C)cc1N. The van der Waals surface area contributed by atoms with Crippen molar-refractivity contribution in [3.05, 3.63) is 29.6 Å². The molecule has 4 heteroatoms. The fraction of sp³-hybridized carbons (Fsp3) is 0.385. The van der Waals surface area contributed by atoms with E-state index >= 15 is 0 Å². The van der Waals surface area contributed by atoms with Crippen molar-refractivity contribution in [1.82, 2.24) is 14.8 Å². The van der Waals surface area contributed by atoms with Crippen molar-refractivity contribution in [2.45, 2.75) is 26.7 Å². The molecule has 0 spiro atoms. The predicted molar refractivity (Wildman–Crippen MR) is 69.7 cm³/mol. The molecule has 0 bridgehead atoms. The lowest BCUT2D eigenvalue weighted by molar-refractivity contribution is 0.712. The number of aromatic nitrogens is 3. The second-order valence-electron chi connectivity index (χ2n) is 4.64. The predicted octanol–water partition coefficient (Wildman–Crippen LogP) is 2.50. The van der Waals surface area contributed by atoms with Crippen LogP contribution in [0.1, 0.15) is 31.2 Å². The zero-order valence-electron chi connectivity index (χ0n) is 10.7. The maximum absolute atomic E-state index is 5.92. The van der Waals surface area contributed by atoms with Gasteiger partial charge < -0.3 is 5.73 Å². The summed E-state index contributed by atoms with van der Waals surface area (Å²) < 4.78 is 1.80. The van der Waals surface area contributed by atoms with Crippen LogP contribution < -0.4 is 5.73 Å². The maximum atomic E-state index is 5.92. The van der Waals surface area contributed by atoms with Crippen LogP contribution in [0.15, 0.2) is 18.2 Å². The summed E-state index contributed by atoms with van der Waals surface area (Å²) in [5, 5.41) is 4.40. The van der Waals surface area contributed by atoms with E-state index in [1.807, 2.05) is 32.2 Å². The van der Waals surface area contributed by atoms with Crippen LogP contribution in [0.3, 0.4) is 0 Å². The van der Waals surface area contributed by atoms with E-state index in [4.69, 9.17) is 5.73 Å². The molecule has 0 aliphatic rings. The van der Waals surface area contributed by atoms with Crippen LogP contribution in [0.5, 0.6) is 0 Å². The maximum Gasteiger partial charge on any atom is 0.158 e. The van der Waals surface area contributed by atoms with Gasteiger partial charge in [0.25, 0.3) is 0 Å². The number of aryl methyl sites for hydroxylation is 2. The highest BCUT2D eigenvalue weighted by Crippen LogP contribution is 2.23. The Bertz CT molecular complexity index is 540. The highest BCUT2D eigenvalue weighted by molar-refractivity contribution is 5.63. The summed E-state index contributed by atoms with van der Waals surface area (Å²) in [6.45, 7) is 6.17. The second kappa shape index (κ2) is 4.20. The molecule has 0 aliphatic heterocycles. The lowest BCUT2D eigenvalue weighted by Gasteiger charge is -2.03. The van der Waals surface area contributed by atoms with Crippen LogP contribution in [0.2, 0.25) is 0 Å². The third-order valence-electron chi connectivity index (χ3n) is 2.83. The molecule has 2 N–H and O–H groups in total. The highest BCUT2D eigenvalue weighted by Gasteiger charge is 2.12. The summed E-state index contributed by atoms with van der Waals surface area (Å²) >= 11 is 0. The van der Waals surface area contributed by atoms with Crippen molar-refractivity contribution >= 4 is 5.69 Å². The summed E-state index contributed by atoms with van der Waals surface area (Å²) in [6, 6.07) is 5.98. The number of anilines is 1. The van der Waals surface area contributed by atoms with E-state index in [2.05, 4.69) is 23.9 Å². The first-order valence-corrected chi connectivity index (χ1v) is 5.76. The molecular weight excluding hydrogens is 212 g/mol. The van der Waals surface area contributed by atoms with Gasteiger partial charge in [-0.1, -0.05) is 26.0 Å². The van der Waals surface area contributed by atoms with Gasteiger partial charge in [-0.15, -0.1) is 0 Å². The molecule has 90 valence electrons. The minimum Gasteiger partial charge on any atom is -0.398 e. The molecule has 4 nitrogen and oxygen atoms in total. The topological polar surface area (TPSA) is 56.7 Å². The summed E-state index contributed by atoms with van der Waals surface area (Å²) in [5.41, 5.74) is 8.80. The largest absolute Gasteiger partial charge is 0.398 e. The Labute approximate surface area is 101 Å². The first-order valence-electron chi connectivity index (χ1n) is 5.76. The number of hydrogen-bond donors (Lipinski definition) is 1. The van der Waals surface area contributed by atoms with E-state index in [0.29, 0.717) is 5.92 Å². The van der Waals surface area contributed by atoms with Gasteiger partial charge in [-0.25, -0.2) is 9.67 Å². The average Bonchev–Trinajstić information content (AvgIpc) is 2.65. The van der Waals surface area contributed by atoms with Crippen LogP contribution in [-0.2, 0) is 7.05 Å². The molecule has 1 heterocycles. The van der Waals surface area contributed by atoms with Crippen LogP contribution in [0, 0.1) is 6.92 Å². The highest BCUT2D eigenvalue weighted by atomic mass is 15.3. The minimum atomic E-state index is 0.331. The smallest absolute Gasteiger partial charge is 0.158 e. The Kier molecular flexibility index (Phi) is 2.88. The van der Waals surface area contributed by atoms with E-state index in [9.17, 15) is 0 Å². The van der Waals surface area contributed by atoms with Gasteiger partial charge in [-0.05, 0) is 18.6 Å². The zero-order valence-corrected chi connectivity index (χ0v) is 10.7. The van der Waals surface area contributed by atoms with Gasteiger partial charge in [-0.3, -0.25) is 0 Å². The van der Waals surface area contributed by atoms with Crippen molar-refractivity contribution in [1.29, 1.82) is 0 Å². The Hall–Kier alpha value is -1.84. The van der Waals surface area contributed by atoms with E-state index in [-0.39, 0.29) is 0 Å². The fourth-order valence-electron chi connectivity index (χ4n) is 1.68. The standard InChI is InChI=1S/C13H18N4/c1-8(2)12-15-13(17(4)16-12)10-6-5-9(3)11(14)7-10/h5-8H,14H2,1-4H3. The zero-order chi connectivity index (χ0) is 12.6. The third-order valence-corrected chi connectivity index (χ3v) is 2.83. The lowest BCUT2D eigenvalue weighted by atomic mass is 10.1. The van der Waals surface area contributed by atoms with Gasteiger partial charge >= 0.3 is 0 Å². The van der Waals surface area contributed by atoms with Crippen molar-refractivity contribution in [3.8, 4) is 11.4 Å². The molecule has 2 aromatic rings. The monoisotopic (exact) mass is 230 g/mol. The number of benzene rings is 1. The fourth-order valence-corrected chi connectivity index (χ4v) is 1.68. The van der Waals surface area contributed by atoms with E-state index in [1.54, 1.807) is 4.68 Å². The molecule has 0 radical (unpaired) electrons. The number of hydrogen-bond acceptors (Lipinski definition) is 3. The van der Waals surface area contributed by atoms with Crippen molar-refractivity contribution in [3.63, 3.8) is 0 Å². The quantitative estimate of drug-likeness (QED) is 0.806. The van der Waals surface area contributed by atoms with Gasteiger partial charge in [-0.2, -0.15) is 5.10 Å². The van der Waals surface area contributed by atoms with E-state index in [1.165, 1.54) is 0 Å². The molecule has 1 aromatic heterocycles. The number of nitrogen functional groups attached to an aromatic ring is 1. The van der Waals surface area contributed by atoms with Crippen LogP contribution in [0.4, 0.5) is 5.69 Å². The van der Waals surface area contributed by atoms with Crippen LogP contribution >= 0.6 is 0 Å². The molecule has 0 saturated carbocycles. The first-order chi connectivity index (χ1) is 7.99. The van der Waals surface area contributed by atoms with Gasteiger partial charge in [0.05, 0.1) is 0 Å². The molecule has 2 rings (SSSR count). The van der Waals surface area contributed by atoms with Crippen LogP contribution in [-0.4, -0.2) is 14.8 Å². The molecule has 17 heavy (non-hydrogen) atoms. The Morgan fingerprint density at radius 1 is 1.29 bits per heavy atom. The van der Waals surface area contributed by atoms with Gasteiger partial charge in [0, 0.05) is 24.2 Å². The summed E-state index contributed by atoms with van der Waals surface area (Å²) in [6.07, 6.45) is 0. The second-order valence-corrected chi connectivity index (χ2v) is 4.64. The molecule has 0 amide bonds. The van der Waals surface area contributed by atoms with Gasteiger partial charge in [0.1, 0.15) is 0 Å². The van der Waals surface area contributed by atoms with Crippen LogP contribution in [0.25, 0.3) is 11.4 Å². The van der Waals surface area contributed by atoms with Crippen molar-refractivity contribution < 1.29 is 0 Å². The molecule has 0 aliphatic carbocycles. The average molecular weight is 230 g/mol. The minimum absolute atomic E-state index is 0.331. The molecular formula is C13H18N4. The Morgan fingerprint density at radius 3 is 2.53 bits per heavy atom. The molecule has 1 aromatic carbocycles. The Morgan fingerprint density at radius 2 is 2.00 bits per heavy atom. The normalized spacial score (nSPS) is 11.1. The molecule has 0 saturated heterocycles. The van der Waals surface area contributed by atoms with Gasteiger partial charge in [0.15, 0.2) is 11.6 Å². The molecule has 0 unspecified atom stereocenters. The Balaban J connectivity index is 2.49. The number of nitrogens with two attached hydrogens (primary N) is 1. The summed E-state index contributed by atoms with van der Waals surface area (Å²) in [7, 11) is 1.91. The molecule has 0 fully saturated rings. The van der Waals surface area contributed by atoms with E-state index in [0.717, 1.165) is 28.5 Å². The molecule has 0 atom stereocenters.